The maximum Gasteiger partial charge on any atom is 0.246 e. The Morgan fingerprint density at radius 2 is 0.733 bits per heavy atom. The molecule has 0 radical (unpaired) electrons. The lowest BCUT2D eigenvalue weighted by molar-refractivity contribution is 1.28. The minimum Gasteiger partial charge on any atom is -0.311 e. The maximum atomic E-state index is 14.5. The van der Waals surface area contributed by atoms with Crippen molar-refractivity contribution < 1.29 is 0 Å². The van der Waals surface area contributed by atoms with Gasteiger partial charge < -0.3 is 13.7 Å². The number of aromatic nitrogens is 2. The van der Waals surface area contributed by atoms with Crippen LogP contribution in [0.2, 0.25) is 0 Å². The van der Waals surface area contributed by atoms with Gasteiger partial charge in [-0.15, -0.1) is 0 Å². The lowest BCUT2D eigenvalue weighted by Gasteiger charge is -2.37. The molecule has 1 aliphatic heterocycles. The summed E-state index contributed by atoms with van der Waals surface area (Å²) in [7, 11) is 0. The third kappa shape index (κ3) is 4.13. The summed E-state index contributed by atoms with van der Waals surface area (Å²) in [5.41, 5.74) is 9.25. The van der Waals surface area contributed by atoms with Crippen molar-refractivity contribution in [2.45, 2.75) is 0 Å². The number of anilines is 3. The number of para-hydroxylation sites is 6. The molecule has 0 saturated carbocycles. The van der Waals surface area contributed by atoms with Crippen LogP contribution in [0.4, 0.5) is 17.1 Å². The van der Waals surface area contributed by atoms with Crippen molar-refractivity contribution in [3.05, 3.63) is 211 Å². The van der Waals surface area contributed by atoms with Crippen LogP contribution in [0.5, 0.6) is 0 Å². The first-order valence-electron chi connectivity index (χ1n) is 20.0. The molecule has 278 valence electrons. The van der Waals surface area contributed by atoms with Crippen molar-refractivity contribution in [3.63, 3.8) is 0 Å². The largest absolute Gasteiger partial charge is 0.311 e. The molecule has 0 aliphatic carbocycles. The first-order valence-corrected chi connectivity index (χ1v) is 20.0. The molecule has 60 heavy (non-hydrogen) atoms. The molecular formula is C52H28BN3O4. The Hall–Kier alpha value is -8.10. The number of fused-ring (bicyclic) bond motifs is 10. The molecule has 0 fully saturated rings. The topological polar surface area (TPSA) is 80.3 Å². The molecule has 0 spiro atoms. The second kappa shape index (κ2) is 11.7. The van der Waals surface area contributed by atoms with Crippen LogP contribution in [0, 0.1) is 0 Å². The minimum atomic E-state index is -0.328. The van der Waals surface area contributed by atoms with Gasteiger partial charge in [0.1, 0.15) is 0 Å². The number of hydrogen-bond acceptors (Lipinski definition) is 5. The first-order chi connectivity index (χ1) is 29.5. The Balaban J connectivity index is 1.08. The highest BCUT2D eigenvalue weighted by Gasteiger charge is 2.36. The van der Waals surface area contributed by atoms with E-state index < -0.39 is 0 Å². The highest BCUT2D eigenvalue weighted by Crippen LogP contribution is 2.38. The molecule has 0 amide bonds. The fourth-order valence-corrected chi connectivity index (χ4v) is 10.3. The summed E-state index contributed by atoms with van der Waals surface area (Å²) in [6, 6.07) is 54.6. The molecule has 0 bridgehead atoms. The Morgan fingerprint density at radius 1 is 0.333 bits per heavy atom. The van der Waals surface area contributed by atoms with Crippen LogP contribution in [0.25, 0.3) is 76.2 Å². The van der Waals surface area contributed by atoms with Gasteiger partial charge in [-0.2, -0.15) is 0 Å². The van der Waals surface area contributed by atoms with E-state index in [2.05, 4.69) is 38.0 Å². The zero-order chi connectivity index (χ0) is 40.0. The number of hydrogen-bond donors (Lipinski definition) is 0. The van der Waals surface area contributed by atoms with Crippen molar-refractivity contribution in [1.82, 2.24) is 8.80 Å². The molecule has 0 atom stereocenters. The highest BCUT2D eigenvalue weighted by molar-refractivity contribution is 6.98. The van der Waals surface area contributed by atoms with Gasteiger partial charge in [-0.05, 0) is 89.8 Å². The van der Waals surface area contributed by atoms with Crippen molar-refractivity contribution in [1.29, 1.82) is 0 Å². The highest BCUT2D eigenvalue weighted by atomic mass is 16.1. The summed E-state index contributed by atoms with van der Waals surface area (Å²) in [4.78, 5) is 59.4. The van der Waals surface area contributed by atoms with Gasteiger partial charge in [0.2, 0.25) is 6.71 Å². The zero-order valence-electron chi connectivity index (χ0n) is 31.7. The first kappa shape index (κ1) is 32.9. The Labute approximate surface area is 339 Å². The molecule has 0 N–H and O–H groups in total. The van der Waals surface area contributed by atoms with E-state index in [0.29, 0.717) is 54.1 Å². The van der Waals surface area contributed by atoms with Gasteiger partial charge in [0, 0.05) is 60.2 Å². The molecule has 5 heterocycles. The molecule has 0 unspecified atom stereocenters. The molecule has 12 aromatic rings. The van der Waals surface area contributed by atoms with Crippen LogP contribution in [-0.4, -0.2) is 15.5 Å². The van der Waals surface area contributed by atoms with E-state index in [4.69, 9.17) is 0 Å². The van der Waals surface area contributed by atoms with Gasteiger partial charge in [-0.25, -0.2) is 0 Å². The Bertz CT molecular complexity index is 3990. The predicted octanol–water partition coefficient (Wildman–Crippen LogP) is 7.73. The lowest BCUT2D eigenvalue weighted by atomic mass is 9.35. The van der Waals surface area contributed by atoms with E-state index in [-0.39, 0.29) is 28.4 Å². The van der Waals surface area contributed by atoms with Crippen molar-refractivity contribution >= 4 is 116 Å². The lowest BCUT2D eigenvalue weighted by Crippen LogP contribution is -2.57. The number of benzene rings is 8. The summed E-state index contributed by atoms with van der Waals surface area (Å²) in [6.45, 7) is -0.328. The van der Waals surface area contributed by atoms with Gasteiger partial charge in [0.25, 0.3) is 0 Å². The average molecular weight is 770 g/mol. The normalized spacial score (nSPS) is 12.9. The zero-order valence-corrected chi connectivity index (χ0v) is 31.7. The summed E-state index contributed by atoms with van der Waals surface area (Å²) >= 11 is 0. The number of nitrogens with zero attached hydrogens (tertiary/aromatic N) is 3. The van der Waals surface area contributed by atoms with E-state index in [1.165, 1.54) is 0 Å². The van der Waals surface area contributed by atoms with Crippen LogP contribution in [0.15, 0.2) is 189 Å². The minimum absolute atomic E-state index is 0.0911. The average Bonchev–Trinajstić information content (AvgIpc) is 3.30. The van der Waals surface area contributed by atoms with E-state index in [1.807, 2.05) is 127 Å². The molecule has 1 aliphatic rings. The summed E-state index contributed by atoms with van der Waals surface area (Å²) in [5, 5.41) is 4.32. The quantitative estimate of drug-likeness (QED) is 0.102. The van der Waals surface area contributed by atoms with Crippen LogP contribution in [0.1, 0.15) is 0 Å². The molecule has 13 rings (SSSR count). The van der Waals surface area contributed by atoms with E-state index in [1.54, 1.807) is 18.2 Å². The van der Waals surface area contributed by atoms with Crippen molar-refractivity contribution in [3.8, 4) is 0 Å². The third-order valence-corrected chi connectivity index (χ3v) is 12.8. The van der Waals surface area contributed by atoms with Crippen molar-refractivity contribution in [2.75, 3.05) is 4.90 Å². The predicted molar refractivity (Wildman–Crippen MR) is 247 cm³/mol. The second-order valence-corrected chi connectivity index (χ2v) is 15.8. The standard InChI is InChI=1S/C52H28BN3O4/c57-49-31-12-1-6-19-41(31)56-44-25-24-30(28-36(44)52(60)35-16-11-15-34(49)47(35)56)54-45-22-9-4-17-39(45)53(40-18-5-10-23-46(40)54)29-26-37-48-38(27-29)51(59)33-14-3-8-21-43(33)55(48)42-20-7-2-13-32(42)50(37)58/h1-28H. The van der Waals surface area contributed by atoms with E-state index in [0.717, 1.165) is 55.5 Å². The molecule has 8 heteroatoms. The van der Waals surface area contributed by atoms with Gasteiger partial charge in [-0.3, -0.25) is 19.2 Å². The third-order valence-electron chi connectivity index (χ3n) is 12.8. The van der Waals surface area contributed by atoms with Gasteiger partial charge in [0.15, 0.2) is 21.7 Å². The van der Waals surface area contributed by atoms with Crippen LogP contribution >= 0.6 is 0 Å². The smallest absolute Gasteiger partial charge is 0.246 e. The summed E-state index contributed by atoms with van der Waals surface area (Å²) in [5.74, 6) is 0. The Kier molecular flexibility index (Phi) is 6.45. The van der Waals surface area contributed by atoms with Gasteiger partial charge in [0.05, 0.1) is 33.1 Å². The van der Waals surface area contributed by atoms with Crippen LogP contribution < -0.4 is 43.0 Å². The summed E-state index contributed by atoms with van der Waals surface area (Å²) in [6.07, 6.45) is 0. The SMILES string of the molecule is O=c1c2ccccc2n2c3ccc(N4c5ccccc5B(c5cc6c(=O)c7ccccc7n7c8ccccc8c(=O)c(c5)c67)c5ccccc54)cc3c(=O)c3cccc1c32. The maximum absolute atomic E-state index is 14.5. The van der Waals surface area contributed by atoms with E-state index in [9.17, 15) is 19.2 Å². The summed E-state index contributed by atoms with van der Waals surface area (Å²) < 4.78 is 4.13. The number of rotatable bonds is 2. The number of pyridine rings is 4. The molecule has 0 saturated heterocycles. The van der Waals surface area contributed by atoms with Crippen molar-refractivity contribution in [2.24, 2.45) is 0 Å². The monoisotopic (exact) mass is 769 g/mol. The fourth-order valence-electron chi connectivity index (χ4n) is 10.3. The van der Waals surface area contributed by atoms with Gasteiger partial charge in [-0.1, -0.05) is 96.5 Å². The Morgan fingerprint density at radius 3 is 1.27 bits per heavy atom. The molecule has 4 aromatic heterocycles. The molecule has 7 nitrogen and oxygen atoms in total. The van der Waals surface area contributed by atoms with Gasteiger partial charge >= 0.3 is 0 Å². The molecule has 8 aromatic carbocycles. The van der Waals surface area contributed by atoms with Crippen LogP contribution in [-0.2, 0) is 0 Å². The fraction of sp³-hybridized carbons (Fsp3) is 0. The second-order valence-electron chi connectivity index (χ2n) is 15.8. The van der Waals surface area contributed by atoms with Crippen LogP contribution in [0.3, 0.4) is 0 Å². The van der Waals surface area contributed by atoms with E-state index >= 15 is 0 Å². The molecular weight excluding hydrogens is 741 g/mol.